The summed E-state index contributed by atoms with van der Waals surface area (Å²) in [6.45, 7) is 1.45. The van der Waals surface area contributed by atoms with E-state index in [1.165, 1.54) is 18.2 Å². The van der Waals surface area contributed by atoms with E-state index in [0.717, 1.165) is 25.9 Å². The molecule has 1 aliphatic rings. The summed E-state index contributed by atoms with van der Waals surface area (Å²) >= 11 is 11.8. The maximum absolute atomic E-state index is 13.2. The fourth-order valence-corrected chi connectivity index (χ4v) is 2.46. The van der Waals surface area contributed by atoms with Crippen LogP contribution < -0.4 is 0 Å². The molecule has 1 aromatic rings. The molecule has 1 unspecified atom stereocenters. The number of hydrogen-bond donors (Lipinski definition) is 0. The fraction of sp³-hybridized carbons (Fsp3) is 0.417. The van der Waals surface area contributed by atoms with Gasteiger partial charge in [0.2, 0.25) is 5.91 Å². The van der Waals surface area contributed by atoms with E-state index in [1.54, 1.807) is 4.90 Å². The molecule has 1 heterocycles. The highest BCUT2D eigenvalue weighted by atomic mass is 35.5. The van der Waals surface area contributed by atoms with Crippen LogP contribution in [0.1, 0.15) is 23.8 Å². The maximum atomic E-state index is 13.2. The van der Waals surface area contributed by atoms with Crippen LogP contribution in [0, 0.1) is 5.82 Å². The highest BCUT2D eigenvalue weighted by Crippen LogP contribution is 2.27. The third-order valence-corrected chi connectivity index (χ3v) is 3.47. The van der Waals surface area contributed by atoms with Gasteiger partial charge in [-0.3, -0.25) is 4.79 Å². The summed E-state index contributed by atoms with van der Waals surface area (Å²) in [6, 6.07) is 3.96. The fourth-order valence-electron chi connectivity index (χ4n) is 1.96. The van der Waals surface area contributed by atoms with Crippen molar-refractivity contribution < 1.29 is 9.18 Å². The molecule has 1 amide bonds. The SMILES string of the molecule is O=C(C(Cl)c1cc(F)cc(Cl)c1)N1CCCC1. The molecule has 0 N–H and O–H groups in total. The predicted molar refractivity (Wildman–Crippen MR) is 65.8 cm³/mol. The first-order valence-electron chi connectivity index (χ1n) is 5.47. The van der Waals surface area contributed by atoms with Crippen molar-refractivity contribution >= 4 is 29.1 Å². The van der Waals surface area contributed by atoms with Gasteiger partial charge in [0.15, 0.2) is 0 Å². The molecule has 2 nitrogen and oxygen atoms in total. The van der Waals surface area contributed by atoms with Crippen LogP contribution in [0.2, 0.25) is 5.02 Å². The molecule has 92 valence electrons. The van der Waals surface area contributed by atoms with Crippen LogP contribution in [0.4, 0.5) is 4.39 Å². The maximum Gasteiger partial charge on any atom is 0.245 e. The van der Waals surface area contributed by atoms with E-state index in [1.807, 2.05) is 0 Å². The highest BCUT2D eigenvalue weighted by Gasteiger charge is 2.26. The number of likely N-dealkylation sites (tertiary alicyclic amines) is 1. The number of amides is 1. The zero-order chi connectivity index (χ0) is 12.4. The van der Waals surface area contributed by atoms with E-state index in [4.69, 9.17) is 23.2 Å². The Morgan fingerprint density at radius 2 is 1.94 bits per heavy atom. The van der Waals surface area contributed by atoms with Gasteiger partial charge in [-0.15, -0.1) is 11.6 Å². The molecule has 0 bridgehead atoms. The van der Waals surface area contributed by atoms with Gasteiger partial charge < -0.3 is 4.90 Å². The van der Waals surface area contributed by atoms with Crippen molar-refractivity contribution in [1.29, 1.82) is 0 Å². The van der Waals surface area contributed by atoms with Crippen molar-refractivity contribution in [2.75, 3.05) is 13.1 Å². The lowest BCUT2D eigenvalue weighted by Crippen LogP contribution is -2.30. The largest absolute Gasteiger partial charge is 0.341 e. The summed E-state index contributed by atoms with van der Waals surface area (Å²) < 4.78 is 13.2. The number of carbonyl (C=O) groups excluding carboxylic acids is 1. The van der Waals surface area contributed by atoms with Gasteiger partial charge in [0.1, 0.15) is 11.2 Å². The molecule has 0 aromatic heterocycles. The first-order valence-corrected chi connectivity index (χ1v) is 6.28. The topological polar surface area (TPSA) is 20.3 Å². The normalized spacial score (nSPS) is 17.2. The molecule has 1 atom stereocenters. The first-order chi connectivity index (χ1) is 8.08. The third-order valence-electron chi connectivity index (χ3n) is 2.81. The van der Waals surface area contributed by atoms with Crippen LogP contribution in [-0.2, 0) is 4.79 Å². The van der Waals surface area contributed by atoms with Crippen LogP contribution in [0.5, 0.6) is 0 Å². The lowest BCUT2D eigenvalue weighted by Gasteiger charge is -2.19. The molecule has 1 fully saturated rings. The second kappa shape index (κ2) is 5.23. The molecule has 5 heteroatoms. The zero-order valence-corrected chi connectivity index (χ0v) is 10.6. The Bertz CT molecular complexity index is 412. The molecule has 1 aromatic carbocycles. The third kappa shape index (κ3) is 2.90. The molecular formula is C12H12Cl2FNO. The number of rotatable bonds is 2. The quantitative estimate of drug-likeness (QED) is 0.758. The van der Waals surface area contributed by atoms with E-state index in [9.17, 15) is 9.18 Å². The summed E-state index contributed by atoms with van der Waals surface area (Å²) in [5.41, 5.74) is 0.411. The average molecular weight is 276 g/mol. The standard InChI is InChI=1S/C12H12Cl2FNO/c13-9-5-8(6-10(15)7-9)11(14)12(17)16-3-1-2-4-16/h5-7,11H,1-4H2. The first kappa shape index (κ1) is 12.7. The van der Waals surface area contributed by atoms with E-state index >= 15 is 0 Å². The molecule has 0 saturated carbocycles. The molecule has 0 spiro atoms. The Balaban J connectivity index is 2.17. The Kier molecular flexibility index (Phi) is 3.89. The van der Waals surface area contributed by atoms with E-state index in [-0.39, 0.29) is 10.9 Å². The van der Waals surface area contributed by atoms with Gasteiger partial charge in [0.05, 0.1) is 0 Å². The van der Waals surface area contributed by atoms with Crippen LogP contribution >= 0.6 is 23.2 Å². The second-order valence-electron chi connectivity index (χ2n) is 4.10. The Morgan fingerprint density at radius 1 is 1.29 bits per heavy atom. The van der Waals surface area contributed by atoms with Crippen LogP contribution in [0.3, 0.4) is 0 Å². The van der Waals surface area contributed by atoms with Crippen molar-refractivity contribution in [2.24, 2.45) is 0 Å². The van der Waals surface area contributed by atoms with Crippen molar-refractivity contribution in [3.63, 3.8) is 0 Å². The number of alkyl halides is 1. The average Bonchev–Trinajstić information content (AvgIpc) is 2.79. The van der Waals surface area contributed by atoms with Crippen molar-refractivity contribution in [3.05, 3.63) is 34.6 Å². The summed E-state index contributed by atoms with van der Waals surface area (Å²) in [4.78, 5) is 13.7. The summed E-state index contributed by atoms with van der Waals surface area (Å²) in [6.07, 6.45) is 2.00. The minimum absolute atomic E-state index is 0.175. The highest BCUT2D eigenvalue weighted by molar-refractivity contribution is 6.32. The Hall–Kier alpha value is -0.800. The molecule has 1 aliphatic heterocycles. The molecule has 17 heavy (non-hydrogen) atoms. The monoisotopic (exact) mass is 275 g/mol. The minimum atomic E-state index is -0.860. The van der Waals surface area contributed by atoms with E-state index in [2.05, 4.69) is 0 Å². The van der Waals surface area contributed by atoms with Gasteiger partial charge in [-0.2, -0.15) is 0 Å². The Morgan fingerprint density at radius 3 is 2.53 bits per heavy atom. The summed E-state index contributed by atoms with van der Waals surface area (Å²) in [5.74, 6) is -0.654. The zero-order valence-electron chi connectivity index (χ0n) is 9.13. The predicted octanol–water partition coefficient (Wildman–Crippen LogP) is 3.38. The van der Waals surface area contributed by atoms with Crippen LogP contribution in [0.15, 0.2) is 18.2 Å². The van der Waals surface area contributed by atoms with E-state index in [0.29, 0.717) is 5.56 Å². The number of carbonyl (C=O) groups is 1. The summed E-state index contributed by atoms with van der Waals surface area (Å²) in [5, 5.41) is -0.610. The molecule has 2 rings (SSSR count). The minimum Gasteiger partial charge on any atom is -0.341 e. The van der Waals surface area contributed by atoms with Gasteiger partial charge in [-0.1, -0.05) is 11.6 Å². The second-order valence-corrected chi connectivity index (χ2v) is 4.97. The molecule has 1 saturated heterocycles. The number of benzene rings is 1. The van der Waals surface area contributed by atoms with E-state index < -0.39 is 11.2 Å². The summed E-state index contributed by atoms with van der Waals surface area (Å²) in [7, 11) is 0. The smallest absolute Gasteiger partial charge is 0.245 e. The van der Waals surface area contributed by atoms with Gasteiger partial charge in [0, 0.05) is 18.1 Å². The lowest BCUT2D eigenvalue weighted by molar-refractivity contribution is -0.129. The molecular weight excluding hydrogens is 264 g/mol. The number of halogens is 3. The van der Waals surface area contributed by atoms with Gasteiger partial charge in [-0.25, -0.2) is 4.39 Å². The molecule has 0 aliphatic carbocycles. The van der Waals surface area contributed by atoms with Crippen molar-refractivity contribution in [2.45, 2.75) is 18.2 Å². The van der Waals surface area contributed by atoms with Crippen LogP contribution in [-0.4, -0.2) is 23.9 Å². The van der Waals surface area contributed by atoms with Crippen LogP contribution in [0.25, 0.3) is 0 Å². The van der Waals surface area contributed by atoms with Crippen molar-refractivity contribution in [1.82, 2.24) is 4.90 Å². The van der Waals surface area contributed by atoms with Gasteiger partial charge in [0.25, 0.3) is 0 Å². The number of hydrogen-bond acceptors (Lipinski definition) is 1. The lowest BCUT2D eigenvalue weighted by atomic mass is 10.1. The molecule has 0 radical (unpaired) electrons. The number of nitrogens with zero attached hydrogens (tertiary/aromatic N) is 1. The van der Waals surface area contributed by atoms with Gasteiger partial charge >= 0.3 is 0 Å². The van der Waals surface area contributed by atoms with Gasteiger partial charge in [-0.05, 0) is 36.6 Å². The Labute approximate surface area is 109 Å². The van der Waals surface area contributed by atoms with Crippen molar-refractivity contribution in [3.8, 4) is 0 Å².